The van der Waals surface area contributed by atoms with Crippen molar-refractivity contribution in [3.05, 3.63) is 0 Å². The number of hydrogen-bond donors (Lipinski definition) is 1. The lowest BCUT2D eigenvalue weighted by atomic mass is 9.91. The molecular formula is C17H29N3O3. The number of carbonyl (C=O) groups excluding carboxylic acids is 2. The molecule has 1 N–H and O–H groups in total. The van der Waals surface area contributed by atoms with Crippen LogP contribution < -0.4 is 5.32 Å². The molecule has 2 amide bonds. The molecule has 0 aromatic carbocycles. The Labute approximate surface area is 138 Å². The van der Waals surface area contributed by atoms with Crippen molar-refractivity contribution < 1.29 is 14.3 Å². The van der Waals surface area contributed by atoms with Gasteiger partial charge in [-0.15, -0.1) is 0 Å². The van der Waals surface area contributed by atoms with Crippen LogP contribution in [0.4, 0.5) is 0 Å². The molecule has 2 heterocycles. The molecule has 1 atom stereocenters. The summed E-state index contributed by atoms with van der Waals surface area (Å²) < 4.78 is 5.35. The number of nitrogens with zero attached hydrogens (tertiary/aromatic N) is 2. The topological polar surface area (TPSA) is 61.9 Å². The van der Waals surface area contributed by atoms with E-state index in [0.717, 1.165) is 58.7 Å². The summed E-state index contributed by atoms with van der Waals surface area (Å²) in [6.45, 7) is 5.97. The van der Waals surface area contributed by atoms with E-state index in [1.165, 1.54) is 6.42 Å². The maximum atomic E-state index is 12.3. The zero-order chi connectivity index (χ0) is 16.1. The van der Waals surface area contributed by atoms with Crippen LogP contribution in [0.15, 0.2) is 0 Å². The first-order valence-corrected chi connectivity index (χ1v) is 9.10. The Bertz CT molecular complexity index is 419. The molecule has 0 bridgehead atoms. The quantitative estimate of drug-likeness (QED) is 0.778. The van der Waals surface area contributed by atoms with E-state index in [0.29, 0.717) is 25.4 Å². The molecule has 0 spiro atoms. The fourth-order valence-corrected chi connectivity index (χ4v) is 3.53. The third kappa shape index (κ3) is 4.67. The molecule has 3 fully saturated rings. The van der Waals surface area contributed by atoms with Gasteiger partial charge in [0.1, 0.15) is 0 Å². The second kappa shape index (κ2) is 8.11. The highest BCUT2D eigenvalue weighted by molar-refractivity contribution is 5.84. The first-order valence-electron chi connectivity index (χ1n) is 9.10. The van der Waals surface area contributed by atoms with E-state index in [4.69, 9.17) is 4.74 Å². The first-order chi connectivity index (χ1) is 11.2. The number of carbonyl (C=O) groups is 2. The van der Waals surface area contributed by atoms with Gasteiger partial charge < -0.3 is 15.0 Å². The standard InChI is InChI=1S/C17H29N3O3/c21-16-6-5-14(17(22)18-15-3-1-4-15)13-20(16)8-2-7-19-9-11-23-12-10-19/h14-15H,1-13H2,(H,18,22). The van der Waals surface area contributed by atoms with Crippen molar-refractivity contribution in [2.45, 2.75) is 44.6 Å². The second-order valence-electron chi connectivity index (χ2n) is 7.02. The van der Waals surface area contributed by atoms with Crippen molar-refractivity contribution in [1.29, 1.82) is 0 Å². The van der Waals surface area contributed by atoms with E-state index in [9.17, 15) is 9.59 Å². The lowest BCUT2D eigenvalue weighted by Crippen LogP contribution is -2.49. The lowest BCUT2D eigenvalue weighted by molar-refractivity contribution is -0.138. The fourth-order valence-electron chi connectivity index (χ4n) is 3.53. The van der Waals surface area contributed by atoms with Gasteiger partial charge in [0, 0.05) is 45.2 Å². The van der Waals surface area contributed by atoms with Crippen LogP contribution in [0.2, 0.25) is 0 Å². The Hall–Kier alpha value is -1.14. The van der Waals surface area contributed by atoms with Gasteiger partial charge in [0.15, 0.2) is 0 Å². The number of piperidine rings is 1. The van der Waals surface area contributed by atoms with Gasteiger partial charge in [-0.1, -0.05) is 0 Å². The summed E-state index contributed by atoms with van der Waals surface area (Å²) in [7, 11) is 0. The van der Waals surface area contributed by atoms with Gasteiger partial charge >= 0.3 is 0 Å². The van der Waals surface area contributed by atoms with Crippen LogP contribution >= 0.6 is 0 Å². The van der Waals surface area contributed by atoms with Crippen molar-refractivity contribution in [3.8, 4) is 0 Å². The largest absolute Gasteiger partial charge is 0.379 e. The average Bonchev–Trinajstić information content (AvgIpc) is 2.53. The lowest BCUT2D eigenvalue weighted by Gasteiger charge is -2.35. The summed E-state index contributed by atoms with van der Waals surface area (Å²) in [4.78, 5) is 28.7. The minimum atomic E-state index is -0.0170. The van der Waals surface area contributed by atoms with E-state index in [2.05, 4.69) is 10.2 Å². The number of rotatable bonds is 6. The maximum absolute atomic E-state index is 12.3. The van der Waals surface area contributed by atoms with Gasteiger partial charge in [0.25, 0.3) is 0 Å². The van der Waals surface area contributed by atoms with Crippen LogP contribution in [0.25, 0.3) is 0 Å². The third-order valence-corrected chi connectivity index (χ3v) is 5.33. The molecule has 130 valence electrons. The number of hydrogen-bond acceptors (Lipinski definition) is 4. The van der Waals surface area contributed by atoms with E-state index < -0.39 is 0 Å². The normalized spacial score (nSPS) is 26.9. The van der Waals surface area contributed by atoms with Crippen LogP contribution in [-0.2, 0) is 14.3 Å². The first kappa shape index (κ1) is 16.7. The van der Waals surface area contributed by atoms with Crippen molar-refractivity contribution in [2.24, 2.45) is 5.92 Å². The molecule has 0 aromatic rings. The molecule has 23 heavy (non-hydrogen) atoms. The fraction of sp³-hybridized carbons (Fsp3) is 0.882. The molecule has 1 saturated carbocycles. The molecule has 6 nitrogen and oxygen atoms in total. The molecule has 0 radical (unpaired) electrons. The molecular weight excluding hydrogens is 294 g/mol. The number of likely N-dealkylation sites (tertiary alicyclic amines) is 1. The highest BCUT2D eigenvalue weighted by Crippen LogP contribution is 2.22. The predicted octanol–water partition coefficient (Wildman–Crippen LogP) is 0.616. The molecule has 1 unspecified atom stereocenters. The molecule has 1 aliphatic carbocycles. The summed E-state index contributed by atoms with van der Waals surface area (Å²) in [6.07, 6.45) is 5.64. The minimum absolute atomic E-state index is 0.0170. The summed E-state index contributed by atoms with van der Waals surface area (Å²) in [5.74, 6) is 0.344. The molecule has 0 aromatic heterocycles. The zero-order valence-corrected chi connectivity index (χ0v) is 14.0. The van der Waals surface area contributed by atoms with Gasteiger partial charge in [0.05, 0.1) is 19.1 Å². The molecule has 2 aliphatic heterocycles. The summed E-state index contributed by atoms with van der Waals surface area (Å²) in [5.41, 5.74) is 0. The maximum Gasteiger partial charge on any atom is 0.225 e. The Balaban J connectivity index is 1.40. The molecule has 2 saturated heterocycles. The SMILES string of the molecule is O=C(NC1CCC1)C1CCC(=O)N(CCCN2CCOCC2)C1. The molecule has 3 aliphatic rings. The van der Waals surface area contributed by atoms with Gasteiger partial charge in [-0.05, 0) is 32.1 Å². The minimum Gasteiger partial charge on any atom is -0.379 e. The molecule has 6 heteroatoms. The smallest absolute Gasteiger partial charge is 0.225 e. The molecule has 3 rings (SSSR count). The number of nitrogens with one attached hydrogen (secondary N) is 1. The van der Waals surface area contributed by atoms with Crippen LogP contribution in [0.5, 0.6) is 0 Å². The summed E-state index contributed by atoms with van der Waals surface area (Å²) in [6, 6.07) is 0.384. The van der Waals surface area contributed by atoms with E-state index in [-0.39, 0.29) is 17.7 Å². The number of ether oxygens (including phenoxy) is 1. The van der Waals surface area contributed by atoms with Crippen molar-refractivity contribution in [1.82, 2.24) is 15.1 Å². The van der Waals surface area contributed by atoms with E-state index >= 15 is 0 Å². The van der Waals surface area contributed by atoms with Crippen LogP contribution in [0.3, 0.4) is 0 Å². The van der Waals surface area contributed by atoms with Gasteiger partial charge in [-0.2, -0.15) is 0 Å². The third-order valence-electron chi connectivity index (χ3n) is 5.33. The summed E-state index contributed by atoms with van der Waals surface area (Å²) >= 11 is 0. The Morgan fingerprint density at radius 3 is 2.65 bits per heavy atom. The van der Waals surface area contributed by atoms with Crippen molar-refractivity contribution in [2.75, 3.05) is 45.9 Å². The van der Waals surface area contributed by atoms with E-state index in [1.54, 1.807) is 0 Å². The highest BCUT2D eigenvalue weighted by atomic mass is 16.5. The summed E-state index contributed by atoms with van der Waals surface area (Å²) in [5, 5.41) is 3.13. The van der Waals surface area contributed by atoms with Crippen LogP contribution in [0.1, 0.15) is 38.5 Å². The monoisotopic (exact) mass is 323 g/mol. The van der Waals surface area contributed by atoms with Gasteiger partial charge in [0.2, 0.25) is 11.8 Å². The number of amides is 2. The highest BCUT2D eigenvalue weighted by Gasteiger charge is 2.31. The Morgan fingerprint density at radius 1 is 1.17 bits per heavy atom. The average molecular weight is 323 g/mol. The van der Waals surface area contributed by atoms with Crippen molar-refractivity contribution >= 4 is 11.8 Å². The second-order valence-corrected chi connectivity index (χ2v) is 7.02. The van der Waals surface area contributed by atoms with Crippen LogP contribution in [-0.4, -0.2) is 73.6 Å². The van der Waals surface area contributed by atoms with Gasteiger partial charge in [-0.3, -0.25) is 14.5 Å². The Morgan fingerprint density at radius 2 is 1.96 bits per heavy atom. The Kier molecular flexibility index (Phi) is 5.89. The van der Waals surface area contributed by atoms with E-state index in [1.807, 2.05) is 4.90 Å². The predicted molar refractivity (Wildman–Crippen MR) is 87.0 cm³/mol. The van der Waals surface area contributed by atoms with Crippen molar-refractivity contribution in [3.63, 3.8) is 0 Å². The zero-order valence-electron chi connectivity index (χ0n) is 14.0. The number of morpholine rings is 1. The van der Waals surface area contributed by atoms with Crippen LogP contribution in [0, 0.1) is 5.92 Å². The van der Waals surface area contributed by atoms with Gasteiger partial charge in [-0.25, -0.2) is 0 Å².